The van der Waals surface area contributed by atoms with E-state index >= 15 is 0 Å². The Morgan fingerprint density at radius 2 is 2.21 bits per heavy atom. The van der Waals surface area contributed by atoms with E-state index in [0.717, 1.165) is 0 Å². The van der Waals surface area contributed by atoms with Crippen LogP contribution in [0.4, 0.5) is 5.69 Å². The predicted molar refractivity (Wildman–Crippen MR) is 72.0 cm³/mol. The Bertz CT molecular complexity index is 691. The molecule has 0 bridgehead atoms. The lowest BCUT2D eigenvalue weighted by Crippen LogP contribution is -2.21. The summed E-state index contributed by atoms with van der Waals surface area (Å²) in [5.74, 6) is -0.626. The fourth-order valence-corrected chi connectivity index (χ4v) is 1.89. The van der Waals surface area contributed by atoms with Gasteiger partial charge in [-0.25, -0.2) is 9.78 Å². The summed E-state index contributed by atoms with van der Waals surface area (Å²) >= 11 is 0. The standard InChI is InChI=1S/C13H15N3O3/c1-3-16-7-10(13(18)19-4-2)11(17)9-5-8(14)6-15-12(9)16/h5-7H,3-4,14H2,1-2H3. The van der Waals surface area contributed by atoms with Crippen LogP contribution in [0.1, 0.15) is 24.2 Å². The van der Waals surface area contributed by atoms with E-state index in [1.165, 1.54) is 18.5 Å². The average Bonchev–Trinajstić information content (AvgIpc) is 2.40. The molecule has 2 N–H and O–H groups in total. The van der Waals surface area contributed by atoms with Gasteiger partial charge in [-0.3, -0.25) is 4.79 Å². The van der Waals surface area contributed by atoms with Crippen molar-refractivity contribution >= 4 is 22.7 Å². The quantitative estimate of drug-likeness (QED) is 0.838. The molecule has 0 amide bonds. The van der Waals surface area contributed by atoms with Crippen LogP contribution < -0.4 is 11.2 Å². The van der Waals surface area contributed by atoms with Crippen LogP contribution in [0.25, 0.3) is 11.0 Å². The number of fused-ring (bicyclic) bond motifs is 1. The maximum Gasteiger partial charge on any atom is 0.343 e. The SMILES string of the molecule is CCOC(=O)c1cn(CC)c2ncc(N)cc2c1=O. The third kappa shape index (κ3) is 2.29. The summed E-state index contributed by atoms with van der Waals surface area (Å²) < 4.78 is 6.61. The van der Waals surface area contributed by atoms with Gasteiger partial charge in [0, 0.05) is 12.7 Å². The minimum Gasteiger partial charge on any atom is -0.462 e. The second-order valence-electron chi connectivity index (χ2n) is 4.02. The second kappa shape index (κ2) is 5.09. The molecule has 0 spiro atoms. The summed E-state index contributed by atoms with van der Waals surface area (Å²) in [5, 5.41) is 0.326. The molecule has 0 atom stereocenters. The molecule has 0 aromatic carbocycles. The highest BCUT2D eigenvalue weighted by atomic mass is 16.5. The third-order valence-corrected chi connectivity index (χ3v) is 2.77. The van der Waals surface area contributed by atoms with Crippen LogP contribution >= 0.6 is 0 Å². The summed E-state index contributed by atoms with van der Waals surface area (Å²) in [4.78, 5) is 28.2. The number of nitrogens with zero attached hydrogens (tertiary/aromatic N) is 2. The molecule has 0 unspecified atom stereocenters. The molecule has 0 aliphatic carbocycles. The molecule has 2 rings (SSSR count). The number of ether oxygens (including phenoxy) is 1. The van der Waals surface area contributed by atoms with Crippen LogP contribution in [0, 0.1) is 0 Å². The molecular formula is C13H15N3O3. The van der Waals surface area contributed by atoms with Crippen LogP contribution in [0.5, 0.6) is 0 Å². The molecule has 0 saturated carbocycles. The highest BCUT2D eigenvalue weighted by molar-refractivity contribution is 5.93. The van der Waals surface area contributed by atoms with Gasteiger partial charge in [0.1, 0.15) is 11.2 Å². The van der Waals surface area contributed by atoms with Gasteiger partial charge in [-0.2, -0.15) is 0 Å². The first-order valence-corrected chi connectivity index (χ1v) is 6.04. The Morgan fingerprint density at radius 1 is 1.47 bits per heavy atom. The van der Waals surface area contributed by atoms with E-state index < -0.39 is 11.4 Å². The number of aromatic nitrogens is 2. The molecule has 6 nitrogen and oxygen atoms in total. The topological polar surface area (TPSA) is 87.2 Å². The van der Waals surface area contributed by atoms with Gasteiger partial charge in [0.15, 0.2) is 0 Å². The van der Waals surface area contributed by atoms with Crippen molar-refractivity contribution in [2.75, 3.05) is 12.3 Å². The molecule has 2 aromatic rings. The van der Waals surface area contributed by atoms with Gasteiger partial charge in [0.05, 0.1) is 23.9 Å². The molecule has 0 saturated heterocycles. The van der Waals surface area contributed by atoms with Crippen molar-refractivity contribution in [1.82, 2.24) is 9.55 Å². The van der Waals surface area contributed by atoms with E-state index in [2.05, 4.69) is 4.98 Å². The number of hydrogen-bond donors (Lipinski definition) is 1. The minimum absolute atomic E-state index is 0.00333. The number of nitrogens with two attached hydrogens (primary N) is 1. The van der Waals surface area contributed by atoms with Crippen LogP contribution in [0.2, 0.25) is 0 Å². The highest BCUT2D eigenvalue weighted by Gasteiger charge is 2.16. The molecule has 19 heavy (non-hydrogen) atoms. The van der Waals surface area contributed by atoms with Crippen LogP contribution in [0.3, 0.4) is 0 Å². The number of carbonyl (C=O) groups excluding carboxylic acids is 1. The summed E-state index contributed by atoms with van der Waals surface area (Å²) in [6, 6.07) is 1.53. The summed E-state index contributed by atoms with van der Waals surface area (Å²) in [6.45, 7) is 4.39. The molecular weight excluding hydrogens is 246 g/mol. The molecule has 0 radical (unpaired) electrons. The fourth-order valence-electron chi connectivity index (χ4n) is 1.89. The van der Waals surface area contributed by atoms with Gasteiger partial charge in [-0.1, -0.05) is 0 Å². The number of pyridine rings is 2. The third-order valence-electron chi connectivity index (χ3n) is 2.77. The average molecular weight is 261 g/mol. The van der Waals surface area contributed by atoms with Crippen molar-refractivity contribution in [3.05, 3.63) is 34.2 Å². The number of aryl methyl sites for hydroxylation is 1. The van der Waals surface area contributed by atoms with Gasteiger partial charge >= 0.3 is 5.97 Å². The van der Waals surface area contributed by atoms with Crippen molar-refractivity contribution in [3.63, 3.8) is 0 Å². The number of esters is 1. The Labute approximate surface area is 109 Å². The van der Waals surface area contributed by atoms with Gasteiger partial charge in [-0.15, -0.1) is 0 Å². The largest absolute Gasteiger partial charge is 0.462 e. The summed E-state index contributed by atoms with van der Waals surface area (Å²) in [6.07, 6.45) is 2.96. The predicted octanol–water partition coefficient (Wildman–Crippen LogP) is 1.18. The molecule has 0 aliphatic rings. The molecule has 6 heteroatoms. The molecule has 100 valence electrons. The number of nitrogen functional groups attached to an aromatic ring is 1. The van der Waals surface area contributed by atoms with E-state index in [9.17, 15) is 9.59 Å². The normalized spacial score (nSPS) is 10.6. The van der Waals surface area contributed by atoms with Gasteiger partial charge < -0.3 is 15.0 Å². The first-order valence-electron chi connectivity index (χ1n) is 6.04. The first-order chi connectivity index (χ1) is 9.08. The number of anilines is 1. The fraction of sp³-hybridized carbons (Fsp3) is 0.308. The smallest absolute Gasteiger partial charge is 0.343 e. The molecule has 2 heterocycles. The Kier molecular flexibility index (Phi) is 3.50. The van der Waals surface area contributed by atoms with E-state index in [4.69, 9.17) is 10.5 Å². The lowest BCUT2D eigenvalue weighted by atomic mass is 10.2. The van der Waals surface area contributed by atoms with Crippen molar-refractivity contribution in [2.45, 2.75) is 20.4 Å². The number of carbonyl (C=O) groups is 1. The van der Waals surface area contributed by atoms with Crippen molar-refractivity contribution in [1.29, 1.82) is 0 Å². The second-order valence-corrected chi connectivity index (χ2v) is 4.02. The van der Waals surface area contributed by atoms with Crippen molar-refractivity contribution in [3.8, 4) is 0 Å². The first kappa shape index (κ1) is 13.1. The molecule has 0 aliphatic heterocycles. The Morgan fingerprint density at radius 3 is 2.84 bits per heavy atom. The maximum atomic E-state index is 12.3. The minimum atomic E-state index is -0.626. The number of rotatable bonds is 3. The van der Waals surface area contributed by atoms with Crippen LogP contribution in [0.15, 0.2) is 23.3 Å². The van der Waals surface area contributed by atoms with Crippen LogP contribution in [-0.2, 0) is 11.3 Å². The van der Waals surface area contributed by atoms with E-state index in [-0.39, 0.29) is 12.2 Å². The van der Waals surface area contributed by atoms with Crippen LogP contribution in [-0.4, -0.2) is 22.1 Å². The lowest BCUT2D eigenvalue weighted by Gasteiger charge is -2.10. The summed E-state index contributed by atoms with van der Waals surface area (Å²) in [5.41, 5.74) is 6.13. The maximum absolute atomic E-state index is 12.3. The lowest BCUT2D eigenvalue weighted by molar-refractivity contribution is 0.0524. The Balaban J connectivity index is 2.77. The van der Waals surface area contributed by atoms with Gasteiger partial charge in [-0.05, 0) is 19.9 Å². The zero-order valence-corrected chi connectivity index (χ0v) is 10.8. The zero-order valence-electron chi connectivity index (χ0n) is 10.8. The highest BCUT2D eigenvalue weighted by Crippen LogP contribution is 2.13. The molecule has 2 aromatic heterocycles. The zero-order chi connectivity index (χ0) is 14.0. The van der Waals surface area contributed by atoms with Gasteiger partial charge in [0.25, 0.3) is 0 Å². The van der Waals surface area contributed by atoms with Gasteiger partial charge in [0.2, 0.25) is 5.43 Å². The van der Waals surface area contributed by atoms with Crippen molar-refractivity contribution < 1.29 is 9.53 Å². The van der Waals surface area contributed by atoms with E-state index in [1.807, 2.05) is 6.92 Å². The van der Waals surface area contributed by atoms with Crippen molar-refractivity contribution in [2.24, 2.45) is 0 Å². The van der Waals surface area contributed by atoms with E-state index in [0.29, 0.717) is 23.3 Å². The van der Waals surface area contributed by atoms with E-state index in [1.54, 1.807) is 11.5 Å². The summed E-state index contributed by atoms with van der Waals surface area (Å²) in [7, 11) is 0. The molecule has 0 fully saturated rings. The number of hydrogen-bond acceptors (Lipinski definition) is 5. The monoisotopic (exact) mass is 261 g/mol. The Hall–Kier alpha value is -2.37.